The van der Waals surface area contributed by atoms with Crippen molar-refractivity contribution in [3.05, 3.63) is 53.6 Å². The highest BCUT2D eigenvalue weighted by Gasteiger charge is 2.27. The predicted molar refractivity (Wildman–Crippen MR) is 90.5 cm³/mol. The van der Waals surface area contributed by atoms with E-state index in [4.69, 9.17) is 9.47 Å². The Labute approximate surface area is 136 Å². The first-order valence-electron chi connectivity index (χ1n) is 7.75. The molecule has 0 fully saturated rings. The molecule has 2 aromatic carbocycles. The molecule has 1 atom stereocenters. The molecule has 0 spiro atoms. The Bertz CT molecular complexity index is 709. The highest BCUT2D eigenvalue weighted by Crippen LogP contribution is 2.33. The minimum Gasteiger partial charge on any atom is -0.497 e. The molecule has 1 heterocycles. The summed E-state index contributed by atoms with van der Waals surface area (Å²) in [6.45, 7) is 2.89. The number of rotatable bonds is 3. The van der Waals surface area contributed by atoms with Gasteiger partial charge in [-0.05, 0) is 60.4 Å². The van der Waals surface area contributed by atoms with E-state index < -0.39 is 0 Å². The normalized spacial score (nSPS) is 16.7. The Hall–Kier alpha value is -2.49. The molecule has 0 saturated carbocycles. The molecular weight excluding hydrogens is 290 g/mol. The van der Waals surface area contributed by atoms with Gasteiger partial charge in [0.2, 0.25) is 0 Å². The first-order valence-corrected chi connectivity index (χ1v) is 7.75. The highest BCUT2D eigenvalue weighted by atomic mass is 16.5. The number of methoxy groups -OCH3 is 2. The zero-order valence-corrected chi connectivity index (χ0v) is 13.7. The molecule has 0 radical (unpaired) electrons. The summed E-state index contributed by atoms with van der Waals surface area (Å²) in [7, 11) is 3.28. The van der Waals surface area contributed by atoms with Crippen LogP contribution >= 0.6 is 0 Å². The maximum Gasteiger partial charge on any atom is 0.258 e. The molecule has 3 rings (SSSR count). The van der Waals surface area contributed by atoms with Gasteiger partial charge in [-0.25, -0.2) is 0 Å². The molecule has 2 aromatic rings. The Morgan fingerprint density at radius 1 is 1.04 bits per heavy atom. The second-order valence-electron chi connectivity index (χ2n) is 5.95. The predicted octanol–water partition coefficient (Wildman–Crippen LogP) is 3.54. The number of nitrogens with zero attached hydrogens (tertiary/aromatic N) is 1. The van der Waals surface area contributed by atoms with Gasteiger partial charge in [0.1, 0.15) is 11.5 Å². The van der Waals surface area contributed by atoms with E-state index in [2.05, 4.69) is 6.92 Å². The SMILES string of the molecule is COc1ccc(C(=O)N2CC(C)Cc3cc(OC)ccc32)cc1. The van der Waals surface area contributed by atoms with Crippen molar-refractivity contribution in [2.24, 2.45) is 5.92 Å². The summed E-state index contributed by atoms with van der Waals surface area (Å²) in [5, 5.41) is 0. The Kier molecular flexibility index (Phi) is 4.24. The number of hydrogen-bond acceptors (Lipinski definition) is 3. The molecule has 0 aliphatic carbocycles. The zero-order chi connectivity index (χ0) is 16.4. The van der Waals surface area contributed by atoms with Gasteiger partial charge >= 0.3 is 0 Å². The van der Waals surface area contributed by atoms with Crippen LogP contribution in [0, 0.1) is 5.92 Å². The minimum atomic E-state index is 0.0191. The fourth-order valence-corrected chi connectivity index (χ4v) is 3.05. The monoisotopic (exact) mass is 311 g/mol. The lowest BCUT2D eigenvalue weighted by molar-refractivity contribution is 0.0981. The maximum atomic E-state index is 12.9. The van der Waals surface area contributed by atoms with Crippen LogP contribution in [0.4, 0.5) is 5.69 Å². The second-order valence-corrected chi connectivity index (χ2v) is 5.95. The molecule has 0 bridgehead atoms. The summed E-state index contributed by atoms with van der Waals surface area (Å²) in [5.41, 5.74) is 2.80. The van der Waals surface area contributed by atoms with E-state index >= 15 is 0 Å². The number of carbonyl (C=O) groups is 1. The Balaban J connectivity index is 1.94. The number of amides is 1. The quantitative estimate of drug-likeness (QED) is 0.870. The van der Waals surface area contributed by atoms with Crippen LogP contribution in [0.1, 0.15) is 22.8 Å². The van der Waals surface area contributed by atoms with Crippen LogP contribution in [-0.2, 0) is 6.42 Å². The van der Waals surface area contributed by atoms with E-state index in [-0.39, 0.29) is 5.91 Å². The van der Waals surface area contributed by atoms with Crippen molar-refractivity contribution in [2.45, 2.75) is 13.3 Å². The summed E-state index contributed by atoms with van der Waals surface area (Å²) in [6.07, 6.45) is 0.957. The number of hydrogen-bond donors (Lipinski definition) is 0. The molecule has 1 amide bonds. The van der Waals surface area contributed by atoms with Crippen molar-refractivity contribution >= 4 is 11.6 Å². The van der Waals surface area contributed by atoms with E-state index in [0.717, 1.165) is 35.7 Å². The number of anilines is 1. The van der Waals surface area contributed by atoms with Gasteiger partial charge in [0, 0.05) is 17.8 Å². The van der Waals surface area contributed by atoms with E-state index in [1.54, 1.807) is 14.2 Å². The zero-order valence-electron chi connectivity index (χ0n) is 13.7. The van der Waals surface area contributed by atoms with Gasteiger partial charge in [0.15, 0.2) is 0 Å². The van der Waals surface area contributed by atoms with Gasteiger partial charge in [-0.1, -0.05) is 6.92 Å². The van der Waals surface area contributed by atoms with E-state index in [1.165, 1.54) is 0 Å². The third-order valence-electron chi connectivity index (χ3n) is 4.22. The average Bonchev–Trinajstić information content (AvgIpc) is 2.59. The lowest BCUT2D eigenvalue weighted by Gasteiger charge is -2.33. The molecule has 4 heteroatoms. The first-order chi connectivity index (χ1) is 11.1. The fraction of sp³-hybridized carbons (Fsp3) is 0.316. The smallest absolute Gasteiger partial charge is 0.258 e. The standard InChI is InChI=1S/C19H21NO3/c1-13-10-15-11-17(23-3)8-9-18(15)20(12-13)19(21)14-4-6-16(22-2)7-5-14/h4-9,11,13H,10,12H2,1-3H3. The molecular formula is C19H21NO3. The van der Waals surface area contributed by atoms with Crippen molar-refractivity contribution in [2.75, 3.05) is 25.7 Å². The number of benzene rings is 2. The molecule has 1 unspecified atom stereocenters. The van der Waals surface area contributed by atoms with Crippen molar-refractivity contribution in [3.63, 3.8) is 0 Å². The van der Waals surface area contributed by atoms with E-state index in [9.17, 15) is 4.79 Å². The maximum absolute atomic E-state index is 12.9. The third-order valence-corrected chi connectivity index (χ3v) is 4.22. The van der Waals surface area contributed by atoms with Gasteiger partial charge in [0.25, 0.3) is 5.91 Å². The van der Waals surface area contributed by atoms with Crippen LogP contribution in [0.15, 0.2) is 42.5 Å². The summed E-state index contributed by atoms with van der Waals surface area (Å²) < 4.78 is 10.5. The number of fused-ring (bicyclic) bond motifs is 1. The van der Waals surface area contributed by atoms with Gasteiger partial charge in [0.05, 0.1) is 14.2 Å². The van der Waals surface area contributed by atoms with Crippen molar-refractivity contribution in [1.82, 2.24) is 0 Å². The molecule has 120 valence electrons. The fourth-order valence-electron chi connectivity index (χ4n) is 3.05. The Morgan fingerprint density at radius 3 is 2.35 bits per heavy atom. The minimum absolute atomic E-state index is 0.0191. The van der Waals surface area contributed by atoms with Gasteiger partial charge in [-0.3, -0.25) is 4.79 Å². The number of ether oxygens (including phenoxy) is 2. The number of carbonyl (C=O) groups excluding carboxylic acids is 1. The topological polar surface area (TPSA) is 38.8 Å². The van der Waals surface area contributed by atoms with Crippen LogP contribution in [0.25, 0.3) is 0 Å². The van der Waals surface area contributed by atoms with Crippen molar-refractivity contribution in [1.29, 1.82) is 0 Å². The first kappa shape index (κ1) is 15.4. The summed E-state index contributed by atoms with van der Waals surface area (Å²) in [4.78, 5) is 14.8. The average molecular weight is 311 g/mol. The van der Waals surface area contributed by atoms with Crippen LogP contribution in [0.2, 0.25) is 0 Å². The lowest BCUT2D eigenvalue weighted by Crippen LogP contribution is -2.39. The van der Waals surface area contributed by atoms with E-state index in [0.29, 0.717) is 11.5 Å². The van der Waals surface area contributed by atoms with Crippen LogP contribution < -0.4 is 14.4 Å². The van der Waals surface area contributed by atoms with Crippen LogP contribution in [0.3, 0.4) is 0 Å². The summed E-state index contributed by atoms with van der Waals surface area (Å²) in [6, 6.07) is 13.2. The van der Waals surface area contributed by atoms with Crippen LogP contribution in [0.5, 0.6) is 11.5 Å². The second kappa shape index (κ2) is 6.32. The molecule has 0 aromatic heterocycles. The van der Waals surface area contributed by atoms with Crippen molar-refractivity contribution < 1.29 is 14.3 Å². The van der Waals surface area contributed by atoms with Crippen LogP contribution in [-0.4, -0.2) is 26.7 Å². The molecule has 0 saturated heterocycles. The third kappa shape index (κ3) is 3.02. The van der Waals surface area contributed by atoms with Gasteiger partial charge < -0.3 is 14.4 Å². The molecule has 0 N–H and O–H groups in total. The van der Waals surface area contributed by atoms with Gasteiger partial charge in [-0.2, -0.15) is 0 Å². The molecule has 4 nitrogen and oxygen atoms in total. The molecule has 1 aliphatic heterocycles. The largest absolute Gasteiger partial charge is 0.497 e. The Morgan fingerprint density at radius 2 is 1.70 bits per heavy atom. The lowest BCUT2D eigenvalue weighted by atomic mass is 9.93. The van der Waals surface area contributed by atoms with E-state index in [1.807, 2.05) is 47.4 Å². The molecule has 23 heavy (non-hydrogen) atoms. The van der Waals surface area contributed by atoms with Crippen molar-refractivity contribution in [3.8, 4) is 11.5 Å². The van der Waals surface area contributed by atoms with Gasteiger partial charge in [-0.15, -0.1) is 0 Å². The summed E-state index contributed by atoms with van der Waals surface area (Å²) in [5.74, 6) is 2.01. The summed E-state index contributed by atoms with van der Waals surface area (Å²) >= 11 is 0. The molecule has 1 aliphatic rings. The highest BCUT2D eigenvalue weighted by molar-refractivity contribution is 6.06.